The van der Waals surface area contributed by atoms with Crippen molar-refractivity contribution in [1.29, 1.82) is 0 Å². The van der Waals surface area contributed by atoms with Crippen LogP contribution in [0.25, 0.3) is 0 Å². The molecule has 92 valence electrons. The Labute approximate surface area is 123 Å². The van der Waals surface area contributed by atoms with E-state index >= 15 is 0 Å². The zero-order chi connectivity index (χ0) is 12.6. The summed E-state index contributed by atoms with van der Waals surface area (Å²) in [6.45, 7) is 0.597. The molecule has 1 heterocycles. The molecule has 2 nitrogen and oxygen atoms in total. The first-order valence-electron chi connectivity index (χ1n) is 5.04. The number of benzene rings is 1. The molecule has 1 aromatic rings. The summed E-state index contributed by atoms with van der Waals surface area (Å²) in [7, 11) is 0. The van der Waals surface area contributed by atoms with Gasteiger partial charge in [-0.25, -0.2) is 0 Å². The molecular weight excluding hydrogens is 348 g/mol. The molecule has 0 N–H and O–H groups in total. The van der Waals surface area contributed by atoms with Crippen LogP contribution >= 0.6 is 50.7 Å². The van der Waals surface area contributed by atoms with Gasteiger partial charge in [0.2, 0.25) is 5.91 Å². The Hall–Kier alpha value is 0.0400. The SMILES string of the molecule is O=C1CC(CCl)CN1c1ccc(Br)c(Cl)c1Cl. The lowest BCUT2D eigenvalue weighted by molar-refractivity contribution is -0.117. The highest BCUT2D eigenvalue weighted by molar-refractivity contribution is 9.10. The van der Waals surface area contributed by atoms with E-state index in [1.54, 1.807) is 17.0 Å². The zero-order valence-corrected chi connectivity index (χ0v) is 12.6. The number of carbonyl (C=O) groups excluding carboxylic acids is 1. The van der Waals surface area contributed by atoms with Gasteiger partial charge in [0.15, 0.2) is 0 Å². The first-order valence-corrected chi connectivity index (χ1v) is 7.12. The van der Waals surface area contributed by atoms with Crippen LogP contribution in [-0.2, 0) is 4.79 Å². The molecule has 1 atom stereocenters. The standard InChI is InChI=1S/C11H9BrCl3NO/c12-7-1-2-8(11(15)10(7)14)16-5-6(4-13)3-9(16)17/h1-2,6H,3-5H2. The predicted molar refractivity (Wildman–Crippen MR) is 75.3 cm³/mol. The minimum absolute atomic E-state index is 0.0379. The van der Waals surface area contributed by atoms with E-state index in [0.717, 1.165) is 0 Å². The number of hydrogen-bond acceptors (Lipinski definition) is 1. The van der Waals surface area contributed by atoms with E-state index in [4.69, 9.17) is 34.8 Å². The van der Waals surface area contributed by atoms with Gasteiger partial charge in [0.1, 0.15) is 0 Å². The summed E-state index contributed by atoms with van der Waals surface area (Å²) in [4.78, 5) is 13.5. The van der Waals surface area contributed by atoms with Crippen molar-refractivity contribution in [3.05, 3.63) is 26.7 Å². The predicted octanol–water partition coefficient (Wildman–Crippen LogP) is 4.35. The van der Waals surface area contributed by atoms with Gasteiger partial charge < -0.3 is 4.90 Å². The number of halogens is 4. The van der Waals surface area contributed by atoms with Crippen LogP contribution < -0.4 is 4.90 Å². The summed E-state index contributed by atoms with van der Waals surface area (Å²) < 4.78 is 0.716. The normalized spacial score (nSPS) is 20.1. The van der Waals surface area contributed by atoms with Gasteiger partial charge in [0, 0.05) is 23.3 Å². The summed E-state index contributed by atoms with van der Waals surface area (Å²) in [6.07, 6.45) is 0.466. The lowest BCUT2D eigenvalue weighted by Gasteiger charge is -2.19. The molecule has 0 saturated carbocycles. The molecule has 0 aromatic heterocycles. The second-order valence-corrected chi connectivity index (χ2v) is 5.84. The molecule has 6 heteroatoms. The zero-order valence-electron chi connectivity index (χ0n) is 8.72. The number of alkyl halides is 1. The molecule has 1 aromatic carbocycles. The largest absolute Gasteiger partial charge is 0.311 e. The van der Waals surface area contributed by atoms with Crippen LogP contribution in [0.5, 0.6) is 0 Å². The van der Waals surface area contributed by atoms with E-state index < -0.39 is 0 Å². The Morgan fingerprint density at radius 2 is 2.06 bits per heavy atom. The van der Waals surface area contributed by atoms with Gasteiger partial charge in [0.05, 0.1) is 15.7 Å². The minimum atomic E-state index is 0.0379. The highest BCUT2D eigenvalue weighted by Crippen LogP contribution is 2.39. The number of amides is 1. The fourth-order valence-corrected chi connectivity index (χ4v) is 2.92. The highest BCUT2D eigenvalue weighted by Gasteiger charge is 2.31. The molecular formula is C11H9BrCl3NO. The smallest absolute Gasteiger partial charge is 0.227 e. The molecule has 1 aliphatic rings. The Kier molecular flexibility index (Phi) is 4.24. The Morgan fingerprint density at radius 3 is 2.65 bits per heavy atom. The third kappa shape index (κ3) is 2.58. The van der Waals surface area contributed by atoms with E-state index in [1.807, 2.05) is 0 Å². The van der Waals surface area contributed by atoms with Crippen molar-refractivity contribution in [2.75, 3.05) is 17.3 Å². The number of anilines is 1. The lowest BCUT2D eigenvalue weighted by atomic mass is 10.1. The van der Waals surface area contributed by atoms with Crippen LogP contribution in [0, 0.1) is 5.92 Å². The van der Waals surface area contributed by atoms with Crippen LogP contribution in [0.2, 0.25) is 10.0 Å². The first-order chi connectivity index (χ1) is 8.04. The highest BCUT2D eigenvalue weighted by atomic mass is 79.9. The summed E-state index contributed by atoms with van der Waals surface area (Å²) in [5.74, 6) is 0.697. The van der Waals surface area contributed by atoms with Crippen LogP contribution in [0.1, 0.15) is 6.42 Å². The van der Waals surface area contributed by atoms with Gasteiger partial charge in [-0.3, -0.25) is 4.79 Å². The Bertz CT molecular complexity index is 466. The maximum Gasteiger partial charge on any atom is 0.227 e. The molecule has 1 aliphatic heterocycles. The number of hydrogen-bond donors (Lipinski definition) is 0. The van der Waals surface area contributed by atoms with Crippen molar-refractivity contribution >= 4 is 62.3 Å². The molecule has 1 fully saturated rings. The van der Waals surface area contributed by atoms with E-state index in [9.17, 15) is 4.79 Å². The van der Waals surface area contributed by atoms with Gasteiger partial charge in [-0.15, -0.1) is 11.6 Å². The van der Waals surface area contributed by atoms with Crippen molar-refractivity contribution in [2.24, 2.45) is 5.92 Å². The van der Waals surface area contributed by atoms with Crippen LogP contribution in [0.3, 0.4) is 0 Å². The fraction of sp³-hybridized carbons (Fsp3) is 0.364. The maximum absolute atomic E-state index is 11.8. The van der Waals surface area contributed by atoms with Crippen molar-refractivity contribution in [1.82, 2.24) is 0 Å². The quantitative estimate of drug-likeness (QED) is 0.569. The molecule has 0 spiro atoms. The second-order valence-electron chi connectivity index (χ2n) is 3.92. The van der Waals surface area contributed by atoms with E-state index in [0.29, 0.717) is 39.1 Å². The Morgan fingerprint density at radius 1 is 1.35 bits per heavy atom. The average molecular weight is 357 g/mol. The van der Waals surface area contributed by atoms with Crippen LogP contribution in [0.15, 0.2) is 16.6 Å². The van der Waals surface area contributed by atoms with Crippen molar-refractivity contribution in [3.63, 3.8) is 0 Å². The van der Waals surface area contributed by atoms with Crippen LogP contribution in [-0.4, -0.2) is 18.3 Å². The fourth-order valence-electron chi connectivity index (χ4n) is 1.84. The molecule has 0 bridgehead atoms. The molecule has 1 saturated heterocycles. The van der Waals surface area contributed by atoms with Gasteiger partial charge in [-0.2, -0.15) is 0 Å². The van der Waals surface area contributed by atoms with Gasteiger partial charge >= 0.3 is 0 Å². The minimum Gasteiger partial charge on any atom is -0.311 e. The maximum atomic E-state index is 11.8. The Balaban J connectivity index is 2.35. The third-order valence-corrected chi connectivity index (χ3v) is 4.93. The van der Waals surface area contributed by atoms with Gasteiger partial charge in [-0.05, 0) is 34.0 Å². The summed E-state index contributed by atoms with van der Waals surface area (Å²) in [5.41, 5.74) is 0.650. The molecule has 1 unspecified atom stereocenters. The molecule has 0 aliphatic carbocycles. The summed E-state index contributed by atoms with van der Waals surface area (Å²) in [5, 5.41) is 0.816. The topological polar surface area (TPSA) is 20.3 Å². The second kappa shape index (κ2) is 5.35. The monoisotopic (exact) mass is 355 g/mol. The average Bonchev–Trinajstić information content (AvgIpc) is 2.68. The number of carbonyl (C=O) groups is 1. The van der Waals surface area contributed by atoms with Crippen molar-refractivity contribution in [3.8, 4) is 0 Å². The van der Waals surface area contributed by atoms with Crippen molar-refractivity contribution in [2.45, 2.75) is 6.42 Å². The number of rotatable bonds is 2. The van der Waals surface area contributed by atoms with Crippen LogP contribution in [0.4, 0.5) is 5.69 Å². The van der Waals surface area contributed by atoms with Crippen molar-refractivity contribution < 1.29 is 4.79 Å². The van der Waals surface area contributed by atoms with Gasteiger partial charge in [-0.1, -0.05) is 23.2 Å². The van der Waals surface area contributed by atoms with E-state index in [2.05, 4.69) is 15.9 Å². The molecule has 1 amide bonds. The van der Waals surface area contributed by atoms with Gasteiger partial charge in [0.25, 0.3) is 0 Å². The van der Waals surface area contributed by atoms with E-state index in [1.165, 1.54) is 0 Å². The third-order valence-electron chi connectivity index (χ3n) is 2.73. The summed E-state index contributed by atoms with van der Waals surface area (Å²) >= 11 is 21.2. The molecule has 17 heavy (non-hydrogen) atoms. The lowest BCUT2D eigenvalue weighted by Crippen LogP contribution is -2.25. The number of nitrogens with zero attached hydrogens (tertiary/aromatic N) is 1. The molecule has 0 radical (unpaired) electrons. The summed E-state index contributed by atoms with van der Waals surface area (Å²) in [6, 6.07) is 3.57. The first kappa shape index (κ1) is 13.5. The van der Waals surface area contributed by atoms with E-state index in [-0.39, 0.29) is 11.8 Å². The molecule has 2 rings (SSSR count).